The molecule has 10 heteroatoms. The Morgan fingerprint density at radius 3 is 2.53 bits per heavy atom. The fourth-order valence-corrected chi connectivity index (χ4v) is 3.59. The number of guanidine groups is 1. The molecule has 1 aromatic rings. The summed E-state index contributed by atoms with van der Waals surface area (Å²) in [7, 11) is 8.80. The molecule has 1 aliphatic heterocycles. The first kappa shape index (κ1) is 24.1. The summed E-state index contributed by atoms with van der Waals surface area (Å²) in [6.45, 7) is 0.438. The van der Waals surface area contributed by atoms with Gasteiger partial charge < -0.3 is 25.0 Å². The minimum atomic E-state index is -4.17. The topological polar surface area (TPSA) is 61.4 Å². The SMILES string of the molecule is CN=C(NCC(c1ccc(OC)c(OC)c1)N(C)C)NC1CCN(CC(F)(F)F)C1. The molecular weight excluding hydrogens is 399 g/mol. The molecule has 1 heterocycles. The Morgan fingerprint density at radius 2 is 1.97 bits per heavy atom. The number of benzene rings is 1. The summed E-state index contributed by atoms with van der Waals surface area (Å²) in [6, 6.07) is 5.74. The first-order valence-electron chi connectivity index (χ1n) is 9.81. The maximum absolute atomic E-state index is 12.6. The van der Waals surface area contributed by atoms with E-state index < -0.39 is 12.7 Å². The van der Waals surface area contributed by atoms with Gasteiger partial charge >= 0.3 is 6.18 Å². The van der Waals surface area contributed by atoms with E-state index in [0.29, 0.717) is 43.5 Å². The second-order valence-electron chi connectivity index (χ2n) is 7.53. The number of nitrogens with one attached hydrogen (secondary N) is 2. The number of likely N-dealkylation sites (tertiary alicyclic amines) is 1. The predicted octanol–water partition coefficient (Wildman–Crippen LogP) is 2.11. The lowest BCUT2D eigenvalue weighted by Gasteiger charge is -2.27. The van der Waals surface area contributed by atoms with Crippen LogP contribution >= 0.6 is 0 Å². The number of hydrogen-bond donors (Lipinski definition) is 2. The van der Waals surface area contributed by atoms with Crippen LogP contribution in [0.1, 0.15) is 18.0 Å². The Labute approximate surface area is 176 Å². The zero-order valence-electron chi connectivity index (χ0n) is 18.2. The Kier molecular flexibility index (Phi) is 8.60. The van der Waals surface area contributed by atoms with Crippen LogP contribution in [0.4, 0.5) is 13.2 Å². The van der Waals surface area contributed by atoms with Crippen molar-refractivity contribution in [3.05, 3.63) is 23.8 Å². The molecule has 1 aliphatic rings. The van der Waals surface area contributed by atoms with Crippen molar-refractivity contribution in [3.63, 3.8) is 0 Å². The summed E-state index contributed by atoms with van der Waals surface area (Å²) in [5.41, 5.74) is 1.04. The Hall–Kier alpha value is -2.20. The van der Waals surface area contributed by atoms with Gasteiger partial charge in [0.25, 0.3) is 0 Å². The maximum atomic E-state index is 12.6. The molecule has 0 saturated carbocycles. The van der Waals surface area contributed by atoms with E-state index >= 15 is 0 Å². The number of halogens is 3. The largest absolute Gasteiger partial charge is 0.493 e. The lowest BCUT2D eigenvalue weighted by atomic mass is 10.1. The third kappa shape index (κ3) is 6.94. The molecule has 2 atom stereocenters. The molecular formula is C20H32F3N5O2. The van der Waals surface area contributed by atoms with Gasteiger partial charge in [0, 0.05) is 32.7 Å². The molecule has 0 bridgehead atoms. The van der Waals surface area contributed by atoms with Crippen LogP contribution in [-0.2, 0) is 0 Å². The third-order valence-electron chi connectivity index (χ3n) is 5.12. The molecule has 0 aromatic heterocycles. The van der Waals surface area contributed by atoms with Crippen molar-refractivity contribution < 1.29 is 22.6 Å². The number of hydrogen-bond acceptors (Lipinski definition) is 5. The van der Waals surface area contributed by atoms with Crippen LogP contribution in [0.2, 0.25) is 0 Å². The lowest BCUT2D eigenvalue weighted by Crippen LogP contribution is -2.47. The van der Waals surface area contributed by atoms with Crippen LogP contribution < -0.4 is 20.1 Å². The van der Waals surface area contributed by atoms with Crippen molar-refractivity contribution in [2.24, 2.45) is 4.99 Å². The van der Waals surface area contributed by atoms with Gasteiger partial charge in [0.2, 0.25) is 0 Å². The number of ether oxygens (including phenoxy) is 2. The molecule has 2 N–H and O–H groups in total. The standard InChI is InChI=1S/C20H32F3N5O2/c1-24-19(26-15-8-9-28(12-15)13-20(21,22)23)25-11-16(27(2)3)14-6-7-17(29-4)18(10-14)30-5/h6-7,10,15-16H,8-9,11-13H2,1-5H3,(H2,24,25,26). The summed E-state index contributed by atoms with van der Waals surface area (Å²) >= 11 is 0. The van der Waals surface area contributed by atoms with E-state index in [1.165, 1.54) is 4.90 Å². The third-order valence-corrected chi connectivity index (χ3v) is 5.12. The van der Waals surface area contributed by atoms with Crippen molar-refractivity contribution in [3.8, 4) is 11.5 Å². The molecule has 1 saturated heterocycles. The molecule has 7 nitrogen and oxygen atoms in total. The van der Waals surface area contributed by atoms with Gasteiger partial charge in [-0.1, -0.05) is 6.07 Å². The summed E-state index contributed by atoms with van der Waals surface area (Å²) in [4.78, 5) is 7.71. The quantitative estimate of drug-likeness (QED) is 0.486. The van der Waals surface area contributed by atoms with Gasteiger partial charge in [-0.15, -0.1) is 0 Å². The maximum Gasteiger partial charge on any atom is 0.401 e. The lowest BCUT2D eigenvalue weighted by molar-refractivity contribution is -0.143. The molecule has 0 amide bonds. The van der Waals surface area contributed by atoms with Gasteiger partial charge in [-0.2, -0.15) is 13.2 Å². The van der Waals surface area contributed by atoms with Crippen LogP contribution in [0.15, 0.2) is 23.2 Å². The normalized spacial score (nSPS) is 19.1. The zero-order chi connectivity index (χ0) is 22.3. The molecule has 1 fully saturated rings. The molecule has 2 rings (SSSR count). The zero-order valence-corrected chi connectivity index (χ0v) is 18.2. The minimum Gasteiger partial charge on any atom is -0.493 e. The van der Waals surface area contributed by atoms with Crippen molar-refractivity contribution >= 4 is 5.96 Å². The summed E-state index contributed by atoms with van der Waals surface area (Å²) in [5, 5.41) is 6.52. The van der Waals surface area contributed by atoms with E-state index in [1.54, 1.807) is 21.3 Å². The second kappa shape index (κ2) is 10.7. The highest BCUT2D eigenvalue weighted by Gasteiger charge is 2.34. The van der Waals surface area contributed by atoms with E-state index in [9.17, 15) is 13.2 Å². The van der Waals surface area contributed by atoms with Gasteiger partial charge in [0.1, 0.15) is 0 Å². The van der Waals surface area contributed by atoms with E-state index in [-0.39, 0.29) is 12.1 Å². The molecule has 170 valence electrons. The Bertz CT molecular complexity index is 712. The first-order valence-corrected chi connectivity index (χ1v) is 9.81. The number of alkyl halides is 3. The van der Waals surface area contributed by atoms with E-state index in [0.717, 1.165) is 5.56 Å². The summed E-state index contributed by atoms with van der Waals surface area (Å²) < 4.78 is 48.5. The smallest absolute Gasteiger partial charge is 0.401 e. The van der Waals surface area contributed by atoms with Crippen molar-refractivity contribution in [1.29, 1.82) is 0 Å². The van der Waals surface area contributed by atoms with Crippen molar-refractivity contribution in [1.82, 2.24) is 20.4 Å². The van der Waals surface area contributed by atoms with Gasteiger partial charge in [-0.25, -0.2) is 0 Å². The fourth-order valence-electron chi connectivity index (χ4n) is 3.59. The number of nitrogens with zero attached hydrogens (tertiary/aromatic N) is 3. The van der Waals surface area contributed by atoms with Crippen LogP contribution in [0, 0.1) is 0 Å². The number of rotatable bonds is 8. The van der Waals surface area contributed by atoms with Gasteiger partial charge in [0.15, 0.2) is 17.5 Å². The molecule has 0 radical (unpaired) electrons. The molecule has 2 unspecified atom stereocenters. The van der Waals surface area contributed by atoms with E-state index in [4.69, 9.17) is 9.47 Å². The molecule has 0 spiro atoms. The number of aliphatic imine (C=N–C) groups is 1. The van der Waals surface area contributed by atoms with Crippen LogP contribution in [0.3, 0.4) is 0 Å². The molecule has 1 aromatic carbocycles. The average Bonchev–Trinajstić information content (AvgIpc) is 3.11. The van der Waals surface area contributed by atoms with Crippen LogP contribution in [-0.4, -0.2) is 89.5 Å². The van der Waals surface area contributed by atoms with Gasteiger partial charge in [-0.3, -0.25) is 9.89 Å². The fraction of sp³-hybridized carbons (Fsp3) is 0.650. The summed E-state index contributed by atoms with van der Waals surface area (Å²) in [6.07, 6.45) is -3.53. The van der Waals surface area contributed by atoms with Gasteiger partial charge in [0.05, 0.1) is 26.8 Å². The monoisotopic (exact) mass is 431 g/mol. The second-order valence-corrected chi connectivity index (χ2v) is 7.53. The van der Waals surface area contributed by atoms with Crippen LogP contribution in [0.25, 0.3) is 0 Å². The Morgan fingerprint density at radius 1 is 1.27 bits per heavy atom. The average molecular weight is 432 g/mol. The highest BCUT2D eigenvalue weighted by molar-refractivity contribution is 5.80. The predicted molar refractivity (Wildman–Crippen MR) is 111 cm³/mol. The molecule has 0 aliphatic carbocycles. The van der Waals surface area contributed by atoms with E-state index in [1.807, 2.05) is 32.3 Å². The highest BCUT2D eigenvalue weighted by Crippen LogP contribution is 2.31. The Balaban J connectivity index is 1.97. The van der Waals surface area contributed by atoms with Crippen LogP contribution in [0.5, 0.6) is 11.5 Å². The minimum absolute atomic E-state index is 0.0219. The molecule has 30 heavy (non-hydrogen) atoms. The number of likely N-dealkylation sites (N-methyl/N-ethyl adjacent to an activating group) is 1. The first-order chi connectivity index (χ1) is 14.2. The van der Waals surface area contributed by atoms with E-state index in [2.05, 4.69) is 20.5 Å². The summed E-state index contributed by atoms with van der Waals surface area (Å²) in [5.74, 6) is 1.88. The van der Waals surface area contributed by atoms with Crippen molar-refractivity contribution in [2.45, 2.75) is 24.7 Å². The highest BCUT2D eigenvalue weighted by atomic mass is 19.4. The van der Waals surface area contributed by atoms with Gasteiger partial charge in [-0.05, 0) is 38.2 Å². The van der Waals surface area contributed by atoms with Crippen molar-refractivity contribution in [2.75, 3.05) is 61.5 Å². The number of methoxy groups -OCH3 is 2.